The molecule has 0 aliphatic carbocycles. The average Bonchev–Trinajstić information content (AvgIpc) is 2.41. The van der Waals surface area contributed by atoms with Crippen LogP contribution < -0.4 is 10.2 Å². The lowest BCUT2D eigenvalue weighted by atomic mass is 10.2. The molecule has 1 N–H and O–H groups in total. The lowest BCUT2D eigenvalue weighted by Crippen LogP contribution is -2.23. The van der Waals surface area contributed by atoms with E-state index in [2.05, 4.69) is 67.2 Å². The highest BCUT2D eigenvalue weighted by Gasteiger charge is 2.18. The van der Waals surface area contributed by atoms with Gasteiger partial charge in [-0.25, -0.2) is 0 Å². The number of nitrogens with one attached hydrogen (secondary N) is 1. The topological polar surface area (TPSA) is 27.6 Å². The molecule has 1 aromatic carbocycles. The zero-order valence-electron chi connectivity index (χ0n) is 12.9. The number of hydrogen-bond acceptors (Lipinski definition) is 4. The average molecular weight is 291 g/mol. The third kappa shape index (κ3) is 3.92. The van der Waals surface area contributed by atoms with Gasteiger partial charge < -0.3 is 10.2 Å². The molecule has 20 heavy (non-hydrogen) atoms. The van der Waals surface area contributed by atoms with Crippen LogP contribution in [-0.4, -0.2) is 29.5 Å². The van der Waals surface area contributed by atoms with Crippen LogP contribution in [0.25, 0.3) is 0 Å². The molecule has 0 fully saturated rings. The molecule has 2 unspecified atom stereocenters. The first-order valence-electron chi connectivity index (χ1n) is 7.48. The Hall–Kier alpha value is -1.16. The van der Waals surface area contributed by atoms with Crippen molar-refractivity contribution in [3.8, 4) is 0 Å². The minimum Gasteiger partial charge on any atom is -0.372 e. The second-order valence-electron chi connectivity index (χ2n) is 5.29. The molecule has 2 atom stereocenters. The van der Waals surface area contributed by atoms with Crippen LogP contribution >= 0.6 is 11.8 Å². The third-order valence-electron chi connectivity index (χ3n) is 3.57. The van der Waals surface area contributed by atoms with Gasteiger partial charge in [-0.2, -0.15) is 0 Å². The maximum absolute atomic E-state index is 4.68. The summed E-state index contributed by atoms with van der Waals surface area (Å²) in [4.78, 5) is 7.02. The molecule has 0 saturated carbocycles. The first kappa shape index (κ1) is 15.2. The van der Waals surface area contributed by atoms with Crippen LogP contribution in [-0.2, 0) is 0 Å². The van der Waals surface area contributed by atoms with Gasteiger partial charge >= 0.3 is 0 Å². The molecule has 110 valence electrons. The van der Waals surface area contributed by atoms with Gasteiger partial charge in [0.1, 0.15) is 0 Å². The molecule has 2 rings (SSSR count). The Labute approximate surface area is 126 Å². The molecule has 1 aliphatic heterocycles. The molecule has 0 aromatic heterocycles. The predicted octanol–water partition coefficient (Wildman–Crippen LogP) is 4.21. The summed E-state index contributed by atoms with van der Waals surface area (Å²) in [6.45, 7) is 10.9. The first-order valence-corrected chi connectivity index (χ1v) is 8.36. The van der Waals surface area contributed by atoms with Gasteiger partial charge in [0, 0.05) is 29.7 Å². The van der Waals surface area contributed by atoms with Gasteiger partial charge in [0.05, 0.1) is 6.04 Å². The van der Waals surface area contributed by atoms with E-state index in [9.17, 15) is 0 Å². The van der Waals surface area contributed by atoms with Crippen molar-refractivity contribution < 1.29 is 0 Å². The highest BCUT2D eigenvalue weighted by Crippen LogP contribution is 2.26. The number of amidine groups is 1. The zero-order chi connectivity index (χ0) is 14.5. The summed E-state index contributed by atoms with van der Waals surface area (Å²) in [6, 6.07) is 9.05. The van der Waals surface area contributed by atoms with E-state index >= 15 is 0 Å². The van der Waals surface area contributed by atoms with Crippen LogP contribution in [0.5, 0.6) is 0 Å². The van der Waals surface area contributed by atoms with Gasteiger partial charge in [-0.3, -0.25) is 4.99 Å². The summed E-state index contributed by atoms with van der Waals surface area (Å²) in [6.07, 6.45) is 1.16. The molecule has 4 heteroatoms. The van der Waals surface area contributed by atoms with E-state index in [0.29, 0.717) is 11.3 Å². The largest absolute Gasteiger partial charge is 0.372 e. The molecule has 0 radical (unpaired) electrons. The van der Waals surface area contributed by atoms with Crippen molar-refractivity contribution in [2.45, 2.75) is 45.4 Å². The maximum atomic E-state index is 4.68. The SMILES string of the molecule is CCN(CC)c1ccc(NC2=NC(C)CC(C)S2)cc1. The van der Waals surface area contributed by atoms with Crippen molar-refractivity contribution in [3.05, 3.63) is 24.3 Å². The molecule has 1 heterocycles. The summed E-state index contributed by atoms with van der Waals surface area (Å²) < 4.78 is 0. The summed E-state index contributed by atoms with van der Waals surface area (Å²) in [5, 5.41) is 5.13. The Kier molecular flexibility index (Phi) is 5.35. The molecule has 3 nitrogen and oxygen atoms in total. The number of thioether (sulfide) groups is 1. The van der Waals surface area contributed by atoms with E-state index in [1.165, 1.54) is 5.69 Å². The number of nitrogens with zero attached hydrogens (tertiary/aromatic N) is 2. The van der Waals surface area contributed by atoms with Crippen LogP contribution in [0.2, 0.25) is 0 Å². The van der Waals surface area contributed by atoms with Gasteiger partial charge in [0.2, 0.25) is 0 Å². The molecule has 0 saturated heterocycles. The summed E-state index contributed by atoms with van der Waals surface area (Å²) in [7, 11) is 0. The van der Waals surface area contributed by atoms with E-state index in [-0.39, 0.29) is 0 Å². The lowest BCUT2D eigenvalue weighted by Gasteiger charge is -2.24. The van der Waals surface area contributed by atoms with Crippen molar-refractivity contribution in [1.29, 1.82) is 0 Å². The summed E-state index contributed by atoms with van der Waals surface area (Å²) in [5.41, 5.74) is 2.40. The monoisotopic (exact) mass is 291 g/mol. The van der Waals surface area contributed by atoms with Crippen molar-refractivity contribution >= 4 is 28.3 Å². The number of anilines is 2. The number of rotatable bonds is 4. The molecule has 1 aliphatic rings. The normalized spacial score (nSPS) is 22.3. The van der Waals surface area contributed by atoms with Crippen molar-refractivity contribution in [3.63, 3.8) is 0 Å². The van der Waals surface area contributed by atoms with Gasteiger partial charge in [-0.1, -0.05) is 18.7 Å². The standard InChI is InChI=1S/C16H25N3S/c1-5-19(6-2)15-9-7-14(8-10-15)18-16-17-12(3)11-13(4)20-16/h7-10,12-13H,5-6,11H2,1-4H3,(H,17,18). The van der Waals surface area contributed by atoms with E-state index < -0.39 is 0 Å². The van der Waals surface area contributed by atoms with Crippen LogP contribution in [0.4, 0.5) is 11.4 Å². The van der Waals surface area contributed by atoms with Gasteiger partial charge in [0.25, 0.3) is 0 Å². The van der Waals surface area contributed by atoms with Crippen molar-refractivity contribution in [2.24, 2.45) is 4.99 Å². The fourth-order valence-electron chi connectivity index (χ4n) is 2.53. The van der Waals surface area contributed by atoms with Crippen molar-refractivity contribution in [2.75, 3.05) is 23.3 Å². The molecule has 0 bridgehead atoms. The van der Waals surface area contributed by atoms with Gasteiger partial charge in [-0.05, 0) is 51.5 Å². The highest BCUT2D eigenvalue weighted by molar-refractivity contribution is 8.14. The summed E-state index contributed by atoms with van der Waals surface area (Å²) in [5.74, 6) is 0. The Morgan fingerprint density at radius 3 is 2.40 bits per heavy atom. The Balaban J connectivity index is 2.04. The quantitative estimate of drug-likeness (QED) is 0.900. The minimum atomic E-state index is 0.420. The van der Waals surface area contributed by atoms with Crippen LogP contribution in [0, 0.1) is 0 Å². The first-order chi connectivity index (χ1) is 9.62. The van der Waals surface area contributed by atoms with E-state index in [1.54, 1.807) is 0 Å². The minimum absolute atomic E-state index is 0.420. The van der Waals surface area contributed by atoms with Crippen LogP contribution in [0.15, 0.2) is 29.3 Å². The highest BCUT2D eigenvalue weighted by atomic mass is 32.2. The van der Waals surface area contributed by atoms with Crippen LogP contribution in [0.1, 0.15) is 34.1 Å². The second kappa shape index (κ2) is 7.02. The third-order valence-corrected chi connectivity index (χ3v) is 4.60. The lowest BCUT2D eigenvalue weighted by molar-refractivity contribution is 0.661. The molecular formula is C16H25N3S. The van der Waals surface area contributed by atoms with E-state index in [0.717, 1.165) is 30.4 Å². The molecular weight excluding hydrogens is 266 g/mol. The zero-order valence-corrected chi connectivity index (χ0v) is 13.7. The number of aliphatic imine (C=N–C) groups is 1. The van der Waals surface area contributed by atoms with E-state index in [4.69, 9.17) is 0 Å². The Morgan fingerprint density at radius 2 is 1.85 bits per heavy atom. The van der Waals surface area contributed by atoms with Crippen LogP contribution in [0.3, 0.4) is 0 Å². The second-order valence-corrected chi connectivity index (χ2v) is 6.72. The Bertz CT molecular complexity index is 451. The fraction of sp³-hybridized carbons (Fsp3) is 0.562. The van der Waals surface area contributed by atoms with Gasteiger partial charge in [0.15, 0.2) is 5.17 Å². The predicted molar refractivity (Wildman–Crippen MR) is 92.2 cm³/mol. The molecule has 1 aromatic rings. The van der Waals surface area contributed by atoms with Gasteiger partial charge in [-0.15, -0.1) is 0 Å². The molecule has 0 spiro atoms. The molecule has 0 amide bonds. The fourth-order valence-corrected chi connectivity index (χ4v) is 3.71. The summed E-state index contributed by atoms with van der Waals surface area (Å²) >= 11 is 1.83. The maximum Gasteiger partial charge on any atom is 0.161 e. The van der Waals surface area contributed by atoms with E-state index in [1.807, 2.05) is 11.8 Å². The number of hydrogen-bond donors (Lipinski definition) is 1. The smallest absolute Gasteiger partial charge is 0.161 e. The van der Waals surface area contributed by atoms with Crippen molar-refractivity contribution in [1.82, 2.24) is 0 Å². The Morgan fingerprint density at radius 1 is 1.20 bits per heavy atom. The number of benzene rings is 1.